The molecule has 0 saturated heterocycles. The van der Waals surface area contributed by atoms with E-state index < -0.39 is 6.23 Å². The van der Waals surface area contributed by atoms with Gasteiger partial charge in [0.2, 0.25) is 5.95 Å². The third-order valence-corrected chi connectivity index (χ3v) is 5.29. The Morgan fingerprint density at radius 3 is 2.85 bits per heavy atom. The van der Waals surface area contributed by atoms with Gasteiger partial charge in [-0.15, -0.1) is 0 Å². The molecule has 138 valence electrons. The van der Waals surface area contributed by atoms with Crippen LogP contribution in [-0.2, 0) is 12.5 Å². The number of nitrogens with zero attached hydrogens (tertiary/aromatic N) is 3. The fourth-order valence-corrected chi connectivity index (χ4v) is 3.81. The average molecular weight is 355 g/mol. The van der Waals surface area contributed by atoms with E-state index in [9.17, 15) is 5.11 Å². The Morgan fingerprint density at radius 2 is 2.23 bits per heavy atom. The van der Waals surface area contributed by atoms with E-state index in [1.807, 2.05) is 13.1 Å². The first-order valence-corrected chi connectivity index (χ1v) is 9.06. The van der Waals surface area contributed by atoms with E-state index in [1.54, 1.807) is 24.2 Å². The second kappa shape index (κ2) is 6.32. The highest BCUT2D eigenvalue weighted by molar-refractivity contribution is 5.88. The number of hydrogen-bond donors (Lipinski definition) is 3. The van der Waals surface area contributed by atoms with Gasteiger partial charge in [0.05, 0.1) is 18.8 Å². The summed E-state index contributed by atoms with van der Waals surface area (Å²) >= 11 is 0. The normalized spacial score (nSPS) is 16.6. The number of ether oxygens (including phenoxy) is 1. The third-order valence-electron chi connectivity index (χ3n) is 5.29. The minimum atomic E-state index is -0.885. The molecule has 7 heteroatoms. The number of fused-ring (bicyclic) bond motifs is 1. The van der Waals surface area contributed by atoms with E-state index in [2.05, 4.69) is 28.4 Å². The lowest BCUT2D eigenvalue weighted by Gasteiger charge is -2.16. The Balaban J connectivity index is 1.71. The van der Waals surface area contributed by atoms with Crippen LogP contribution in [0.5, 0.6) is 5.75 Å². The molecule has 0 bridgehead atoms. The van der Waals surface area contributed by atoms with Crippen molar-refractivity contribution < 1.29 is 9.84 Å². The number of rotatable bonds is 7. The molecule has 4 rings (SSSR count). The molecular formula is C19H25N5O2. The van der Waals surface area contributed by atoms with Crippen LogP contribution in [0.25, 0.3) is 11.0 Å². The fraction of sp³-hybridized carbons (Fsp3) is 0.474. The molecule has 26 heavy (non-hydrogen) atoms. The Morgan fingerprint density at radius 1 is 1.42 bits per heavy atom. The SMILES string of the molecule is CCCC1(c2ccc(OC)c3[nH]c(NC(O)c4cnn(C)c4)nc23)CC1. The monoisotopic (exact) mass is 355 g/mol. The largest absolute Gasteiger partial charge is 0.494 e. The molecule has 0 spiro atoms. The number of anilines is 1. The summed E-state index contributed by atoms with van der Waals surface area (Å²) in [6.07, 6.45) is 7.25. The number of aliphatic hydroxyl groups is 1. The van der Waals surface area contributed by atoms with Crippen molar-refractivity contribution in [1.82, 2.24) is 19.7 Å². The number of aromatic nitrogens is 4. The fourth-order valence-electron chi connectivity index (χ4n) is 3.81. The number of aliphatic hydroxyl groups excluding tert-OH is 1. The zero-order valence-corrected chi connectivity index (χ0v) is 15.4. The molecule has 2 heterocycles. The Labute approximate surface area is 152 Å². The summed E-state index contributed by atoms with van der Waals surface area (Å²) in [4.78, 5) is 8.02. The zero-order valence-electron chi connectivity index (χ0n) is 15.4. The minimum absolute atomic E-state index is 0.244. The second-order valence-electron chi connectivity index (χ2n) is 7.15. The zero-order chi connectivity index (χ0) is 18.3. The molecule has 0 radical (unpaired) electrons. The minimum Gasteiger partial charge on any atom is -0.494 e. The Bertz CT molecular complexity index is 925. The van der Waals surface area contributed by atoms with Gasteiger partial charge in [0.15, 0.2) is 6.23 Å². The van der Waals surface area contributed by atoms with Gasteiger partial charge in [-0.1, -0.05) is 19.4 Å². The molecular weight excluding hydrogens is 330 g/mol. The molecule has 0 amide bonds. The van der Waals surface area contributed by atoms with Crippen molar-refractivity contribution >= 4 is 17.0 Å². The maximum Gasteiger partial charge on any atom is 0.203 e. The summed E-state index contributed by atoms with van der Waals surface area (Å²) in [6, 6.07) is 4.15. The van der Waals surface area contributed by atoms with E-state index in [4.69, 9.17) is 9.72 Å². The Kier molecular flexibility index (Phi) is 4.11. The van der Waals surface area contributed by atoms with Gasteiger partial charge in [0.25, 0.3) is 0 Å². The van der Waals surface area contributed by atoms with E-state index in [0.717, 1.165) is 23.2 Å². The van der Waals surface area contributed by atoms with Crippen LogP contribution >= 0.6 is 0 Å². The third kappa shape index (κ3) is 2.82. The first-order valence-electron chi connectivity index (χ1n) is 9.06. The number of aromatic amines is 1. The lowest BCUT2D eigenvalue weighted by atomic mass is 9.90. The van der Waals surface area contributed by atoms with Crippen LogP contribution < -0.4 is 10.1 Å². The van der Waals surface area contributed by atoms with E-state index >= 15 is 0 Å². The quantitative estimate of drug-likeness (QED) is 0.566. The first kappa shape index (κ1) is 16.9. The summed E-state index contributed by atoms with van der Waals surface area (Å²) in [5.74, 6) is 1.28. The van der Waals surface area contributed by atoms with Crippen molar-refractivity contribution in [3.8, 4) is 5.75 Å². The number of nitrogens with one attached hydrogen (secondary N) is 2. The number of benzene rings is 1. The van der Waals surface area contributed by atoms with Crippen molar-refractivity contribution in [2.24, 2.45) is 7.05 Å². The number of imidazole rings is 1. The van der Waals surface area contributed by atoms with Crippen molar-refractivity contribution in [3.05, 3.63) is 35.7 Å². The van der Waals surface area contributed by atoms with Gasteiger partial charge in [0.1, 0.15) is 11.3 Å². The molecule has 1 fully saturated rings. The summed E-state index contributed by atoms with van der Waals surface area (Å²) < 4.78 is 7.16. The van der Waals surface area contributed by atoms with Crippen LogP contribution in [0.1, 0.15) is 50.0 Å². The molecule has 1 aliphatic rings. The lowest BCUT2D eigenvalue weighted by molar-refractivity contribution is 0.207. The van der Waals surface area contributed by atoms with Gasteiger partial charge in [-0.2, -0.15) is 5.10 Å². The molecule has 0 aliphatic heterocycles. The van der Waals surface area contributed by atoms with Crippen LogP contribution in [0.4, 0.5) is 5.95 Å². The maximum absolute atomic E-state index is 10.4. The van der Waals surface area contributed by atoms with E-state index in [0.29, 0.717) is 11.5 Å². The van der Waals surface area contributed by atoms with Crippen LogP contribution in [0, 0.1) is 0 Å². The van der Waals surface area contributed by atoms with Crippen LogP contribution in [0.15, 0.2) is 24.5 Å². The van der Waals surface area contributed by atoms with E-state index in [1.165, 1.54) is 24.8 Å². The van der Waals surface area contributed by atoms with Gasteiger partial charge >= 0.3 is 0 Å². The molecule has 3 aromatic rings. The highest BCUT2D eigenvalue weighted by atomic mass is 16.5. The topological polar surface area (TPSA) is 88.0 Å². The molecule has 1 aromatic carbocycles. The highest BCUT2D eigenvalue weighted by Gasteiger charge is 2.44. The van der Waals surface area contributed by atoms with Crippen LogP contribution in [0.2, 0.25) is 0 Å². The number of methoxy groups -OCH3 is 1. The van der Waals surface area contributed by atoms with Gasteiger partial charge in [-0.3, -0.25) is 4.68 Å². The van der Waals surface area contributed by atoms with Gasteiger partial charge in [-0.25, -0.2) is 4.98 Å². The number of H-pyrrole nitrogens is 1. The highest BCUT2D eigenvalue weighted by Crippen LogP contribution is 2.54. The summed E-state index contributed by atoms with van der Waals surface area (Å²) in [5, 5.41) is 17.5. The first-order chi connectivity index (χ1) is 12.6. The molecule has 2 aromatic heterocycles. The average Bonchev–Trinajstić information content (AvgIpc) is 3.07. The molecule has 1 atom stereocenters. The summed E-state index contributed by atoms with van der Waals surface area (Å²) in [5.41, 5.74) is 4.00. The van der Waals surface area contributed by atoms with Gasteiger partial charge < -0.3 is 20.1 Å². The molecule has 1 unspecified atom stereocenters. The van der Waals surface area contributed by atoms with Crippen molar-refractivity contribution in [2.45, 2.75) is 44.2 Å². The predicted molar refractivity (Wildman–Crippen MR) is 100 cm³/mol. The predicted octanol–water partition coefficient (Wildman–Crippen LogP) is 3.24. The summed E-state index contributed by atoms with van der Waals surface area (Å²) in [6.45, 7) is 2.22. The smallest absolute Gasteiger partial charge is 0.203 e. The number of aryl methyl sites for hydroxylation is 1. The lowest BCUT2D eigenvalue weighted by Crippen LogP contribution is -2.10. The molecule has 3 N–H and O–H groups in total. The van der Waals surface area contributed by atoms with Crippen LogP contribution in [0.3, 0.4) is 0 Å². The molecule has 1 aliphatic carbocycles. The Hall–Kier alpha value is -2.54. The van der Waals surface area contributed by atoms with Gasteiger partial charge in [0, 0.05) is 18.8 Å². The van der Waals surface area contributed by atoms with Crippen molar-refractivity contribution in [1.29, 1.82) is 0 Å². The van der Waals surface area contributed by atoms with Gasteiger partial charge in [-0.05, 0) is 36.3 Å². The van der Waals surface area contributed by atoms with Crippen LogP contribution in [-0.4, -0.2) is 32.0 Å². The maximum atomic E-state index is 10.4. The van der Waals surface area contributed by atoms with Crippen molar-refractivity contribution in [2.75, 3.05) is 12.4 Å². The number of hydrogen-bond acceptors (Lipinski definition) is 5. The standard InChI is InChI=1S/C19H25N5O2/c1-4-7-19(8-9-19)13-5-6-14(26-3)16-15(13)21-18(22-16)23-17(25)12-10-20-24(2)11-12/h5-6,10-11,17,25H,4,7-9H2,1-3H3,(H2,21,22,23). The van der Waals surface area contributed by atoms with E-state index in [-0.39, 0.29) is 5.41 Å². The summed E-state index contributed by atoms with van der Waals surface area (Å²) in [7, 11) is 3.48. The molecule has 1 saturated carbocycles. The second-order valence-corrected chi connectivity index (χ2v) is 7.15. The molecule has 7 nitrogen and oxygen atoms in total. The van der Waals surface area contributed by atoms with Crippen molar-refractivity contribution in [3.63, 3.8) is 0 Å².